The summed E-state index contributed by atoms with van der Waals surface area (Å²) in [7, 11) is 1.70. The predicted molar refractivity (Wildman–Crippen MR) is 132 cm³/mol. The lowest BCUT2D eigenvalue weighted by Gasteiger charge is -2.38. The largest absolute Gasteiger partial charge is 0.349 e. The molecule has 1 aliphatic heterocycles. The van der Waals surface area contributed by atoms with E-state index in [-0.39, 0.29) is 35.6 Å². The summed E-state index contributed by atoms with van der Waals surface area (Å²) in [6.07, 6.45) is 5.14. The molecule has 1 saturated carbocycles. The van der Waals surface area contributed by atoms with Crippen molar-refractivity contribution in [3.05, 3.63) is 35.4 Å². The van der Waals surface area contributed by atoms with Crippen LogP contribution >= 0.6 is 0 Å². The van der Waals surface area contributed by atoms with Crippen molar-refractivity contribution >= 4 is 23.5 Å². The van der Waals surface area contributed by atoms with Gasteiger partial charge in [0, 0.05) is 25.4 Å². The first-order valence-electron chi connectivity index (χ1n) is 13.0. The zero-order valence-corrected chi connectivity index (χ0v) is 21.0. The average molecular weight is 483 g/mol. The maximum Gasteiger partial charge on any atom is 0.237 e. The smallest absolute Gasteiger partial charge is 0.237 e. The lowest BCUT2D eigenvalue weighted by molar-refractivity contribution is -0.142. The zero-order chi connectivity index (χ0) is 25.1. The molecule has 0 aromatic heterocycles. The maximum absolute atomic E-state index is 13.8. The van der Waals surface area contributed by atoms with Crippen LogP contribution in [0.4, 0.5) is 0 Å². The fourth-order valence-electron chi connectivity index (χ4n) is 6.16. The highest BCUT2D eigenvalue weighted by Crippen LogP contribution is 2.40. The van der Waals surface area contributed by atoms with Gasteiger partial charge in [-0.15, -0.1) is 0 Å². The van der Waals surface area contributed by atoms with E-state index in [1.54, 1.807) is 18.9 Å². The molecule has 2 aliphatic carbocycles. The van der Waals surface area contributed by atoms with Gasteiger partial charge in [0.25, 0.3) is 0 Å². The standard InChI is InChI=1S/C27H38N4O4/c1-16(28-3)26(34)30-22-12-7-15-31(17(2)32)23-14-13-20(24(23)25(22)33)27(35)29-21-11-6-9-18-8-4-5-10-19(18)21/h4-5,8,10,16,20-24,28H,6-7,9,11-15H2,1-3H3,(H,29,35)(H,30,34)/t16-,20?,21?,22?,23?,24?/m0/s1. The fourth-order valence-corrected chi connectivity index (χ4v) is 6.16. The monoisotopic (exact) mass is 482 g/mol. The molecule has 0 bridgehead atoms. The summed E-state index contributed by atoms with van der Waals surface area (Å²) in [6.45, 7) is 3.81. The molecule has 35 heavy (non-hydrogen) atoms. The summed E-state index contributed by atoms with van der Waals surface area (Å²) in [5, 5.41) is 9.06. The minimum atomic E-state index is -0.649. The van der Waals surface area contributed by atoms with Crippen molar-refractivity contribution in [1.82, 2.24) is 20.9 Å². The van der Waals surface area contributed by atoms with Gasteiger partial charge in [0.15, 0.2) is 5.78 Å². The van der Waals surface area contributed by atoms with Crippen molar-refractivity contribution in [3.8, 4) is 0 Å². The van der Waals surface area contributed by atoms with Crippen molar-refractivity contribution in [2.45, 2.75) is 83.0 Å². The van der Waals surface area contributed by atoms with E-state index in [1.165, 1.54) is 12.5 Å². The molecule has 8 heteroatoms. The summed E-state index contributed by atoms with van der Waals surface area (Å²) >= 11 is 0. The van der Waals surface area contributed by atoms with Crippen molar-refractivity contribution in [3.63, 3.8) is 0 Å². The Kier molecular flexibility index (Phi) is 7.89. The van der Waals surface area contributed by atoms with Gasteiger partial charge < -0.3 is 20.9 Å². The highest BCUT2D eigenvalue weighted by atomic mass is 16.2. The van der Waals surface area contributed by atoms with Gasteiger partial charge in [0.2, 0.25) is 17.7 Å². The molecule has 0 spiro atoms. The number of carbonyl (C=O) groups is 4. The number of fused-ring (bicyclic) bond motifs is 2. The van der Waals surface area contributed by atoms with E-state index in [2.05, 4.69) is 28.1 Å². The molecule has 0 radical (unpaired) electrons. The topological polar surface area (TPSA) is 108 Å². The van der Waals surface area contributed by atoms with Crippen LogP contribution in [0, 0.1) is 11.8 Å². The van der Waals surface area contributed by atoms with Crippen molar-refractivity contribution in [2.24, 2.45) is 11.8 Å². The lowest BCUT2D eigenvalue weighted by atomic mass is 9.81. The number of hydrogen-bond acceptors (Lipinski definition) is 5. The maximum atomic E-state index is 13.8. The molecule has 1 saturated heterocycles. The van der Waals surface area contributed by atoms with Crippen LogP contribution in [0.2, 0.25) is 0 Å². The second kappa shape index (κ2) is 10.9. The van der Waals surface area contributed by atoms with Gasteiger partial charge in [-0.2, -0.15) is 0 Å². The molecule has 3 amide bonds. The molecule has 4 rings (SSSR count). The van der Waals surface area contributed by atoms with Crippen molar-refractivity contribution in [2.75, 3.05) is 13.6 Å². The first-order valence-corrected chi connectivity index (χ1v) is 13.0. The van der Waals surface area contributed by atoms with E-state index in [0.29, 0.717) is 32.2 Å². The normalized spacial score (nSPS) is 29.3. The molecule has 3 aliphatic rings. The Labute approximate surface area is 207 Å². The van der Waals surface area contributed by atoms with Crippen LogP contribution in [0.5, 0.6) is 0 Å². The molecule has 8 nitrogen and oxygen atoms in total. The third-order valence-corrected chi connectivity index (χ3v) is 8.16. The first-order chi connectivity index (χ1) is 16.8. The summed E-state index contributed by atoms with van der Waals surface area (Å²) in [6, 6.07) is 6.76. The van der Waals surface area contributed by atoms with Crippen LogP contribution in [-0.2, 0) is 25.6 Å². The van der Waals surface area contributed by atoms with Gasteiger partial charge in [-0.1, -0.05) is 24.3 Å². The molecular weight excluding hydrogens is 444 g/mol. The molecule has 3 N–H and O–H groups in total. The Hall–Kier alpha value is -2.74. The number of carbonyl (C=O) groups excluding carboxylic acids is 4. The van der Waals surface area contributed by atoms with E-state index >= 15 is 0 Å². The van der Waals surface area contributed by atoms with Crippen LogP contribution in [0.1, 0.15) is 69.5 Å². The number of nitrogens with zero attached hydrogens (tertiary/aromatic N) is 1. The van der Waals surface area contributed by atoms with Crippen LogP contribution in [0.15, 0.2) is 24.3 Å². The predicted octanol–water partition coefficient (Wildman–Crippen LogP) is 1.88. The summed E-state index contributed by atoms with van der Waals surface area (Å²) in [5.41, 5.74) is 2.42. The van der Waals surface area contributed by atoms with Crippen molar-refractivity contribution in [1.29, 1.82) is 0 Å². The molecule has 1 heterocycles. The Balaban J connectivity index is 1.57. The number of nitrogens with one attached hydrogen (secondary N) is 3. The van der Waals surface area contributed by atoms with E-state index < -0.39 is 23.9 Å². The van der Waals surface area contributed by atoms with Gasteiger partial charge in [-0.3, -0.25) is 19.2 Å². The summed E-state index contributed by atoms with van der Waals surface area (Å²) < 4.78 is 0. The van der Waals surface area contributed by atoms with Crippen molar-refractivity contribution < 1.29 is 19.2 Å². The molecule has 1 aromatic rings. The fraction of sp³-hybridized carbons (Fsp3) is 0.630. The van der Waals surface area contributed by atoms with Crippen LogP contribution in [-0.4, -0.2) is 60.1 Å². The second-order valence-electron chi connectivity index (χ2n) is 10.3. The third-order valence-electron chi connectivity index (χ3n) is 8.16. The third kappa shape index (κ3) is 5.27. The molecule has 2 fully saturated rings. The number of benzene rings is 1. The van der Waals surface area contributed by atoms with Gasteiger partial charge in [-0.25, -0.2) is 0 Å². The Morgan fingerprint density at radius 1 is 1.00 bits per heavy atom. The van der Waals surface area contributed by atoms with Crippen LogP contribution < -0.4 is 16.0 Å². The first kappa shape index (κ1) is 25.4. The van der Waals surface area contributed by atoms with E-state index in [1.807, 2.05) is 12.1 Å². The van der Waals surface area contributed by atoms with Crippen LogP contribution in [0.3, 0.4) is 0 Å². The quantitative estimate of drug-likeness (QED) is 0.594. The molecule has 1 aromatic carbocycles. The number of aryl methyl sites for hydroxylation is 1. The second-order valence-corrected chi connectivity index (χ2v) is 10.3. The van der Waals surface area contributed by atoms with E-state index in [9.17, 15) is 19.2 Å². The molecule has 190 valence electrons. The summed E-state index contributed by atoms with van der Waals surface area (Å²) in [4.78, 5) is 54.3. The molecular formula is C27H38N4O4. The Morgan fingerprint density at radius 3 is 2.49 bits per heavy atom. The number of hydrogen-bond donors (Lipinski definition) is 3. The number of ketones is 1. The number of likely N-dealkylation sites (tertiary alicyclic amines) is 1. The van der Waals surface area contributed by atoms with E-state index in [4.69, 9.17) is 0 Å². The highest BCUT2D eigenvalue weighted by Gasteiger charge is 2.50. The zero-order valence-electron chi connectivity index (χ0n) is 21.0. The minimum absolute atomic E-state index is 0.0638. The highest BCUT2D eigenvalue weighted by molar-refractivity contribution is 5.96. The Bertz CT molecular complexity index is 980. The Morgan fingerprint density at radius 2 is 1.74 bits per heavy atom. The number of amides is 3. The van der Waals surface area contributed by atoms with Gasteiger partial charge >= 0.3 is 0 Å². The molecule has 5 unspecified atom stereocenters. The van der Waals surface area contributed by atoms with E-state index in [0.717, 1.165) is 24.8 Å². The SMILES string of the molecule is CN[C@@H](C)C(=O)NC1CCCN(C(C)=O)C2CCC(C(=O)NC3CCCc4ccccc43)C2C1=O. The van der Waals surface area contributed by atoms with Crippen LogP contribution in [0.25, 0.3) is 0 Å². The minimum Gasteiger partial charge on any atom is -0.349 e. The number of likely N-dealkylation sites (N-methyl/N-ethyl adjacent to an activating group) is 1. The van der Waals surface area contributed by atoms with Gasteiger partial charge in [0.1, 0.15) is 0 Å². The number of Topliss-reactive ketones (excluding diaryl/α,β-unsaturated/α-hetero) is 1. The lowest BCUT2D eigenvalue weighted by Crippen LogP contribution is -2.56. The van der Waals surface area contributed by atoms with Gasteiger partial charge in [0.05, 0.1) is 24.0 Å². The number of rotatable bonds is 5. The average Bonchev–Trinajstić information content (AvgIpc) is 3.28. The summed E-state index contributed by atoms with van der Waals surface area (Å²) in [5.74, 6) is -1.67. The van der Waals surface area contributed by atoms with Gasteiger partial charge in [-0.05, 0) is 70.0 Å². The molecule has 6 atom stereocenters.